The van der Waals surface area contributed by atoms with Gasteiger partial charge in [-0.3, -0.25) is 4.79 Å². The number of hydrogen-bond acceptors (Lipinski definition) is 6. The zero-order chi connectivity index (χ0) is 18.4. The van der Waals surface area contributed by atoms with E-state index in [9.17, 15) is 14.7 Å². The van der Waals surface area contributed by atoms with Gasteiger partial charge in [0.2, 0.25) is 0 Å². The Morgan fingerprint density at radius 1 is 1.32 bits per heavy atom. The maximum absolute atomic E-state index is 12.0. The number of hydrogen-bond donors (Lipinski definition) is 3. The highest BCUT2D eigenvalue weighted by Crippen LogP contribution is 2.25. The minimum Gasteiger partial charge on any atom is -0.494 e. The molecule has 1 heterocycles. The van der Waals surface area contributed by atoms with Gasteiger partial charge in [-0.25, -0.2) is 9.78 Å². The average Bonchev–Trinajstić information content (AvgIpc) is 3.08. The predicted molar refractivity (Wildman–Crippen MR) is 93.9 cm³/mol. The topological polar surface area (TPSA) is 109 Å². The molecular weight excluding hydrogens is 344 g/mol. The van der Waals surface area contributed by atoms with Gasteiger partial charge in [0.05, 0.1) is 13.2 Å². The lowest BCUT2D eigenvalue weighted by Gasteiger charge is -2.17. The first-order valence-corrected chi connectivity index (χ1v) is 8.64. The van der Waals surface area contributed by atoms with Crippen LogP contribution >= 0.6 is 11.3 Å². The summed E-state index contributed by atoms with van der Waals surface area (Å²) in [5.74, 6) is -1.17. The number of ether oxygens (including phenoxy) is 1. The molecule has 134 valence electrons. The third-order valence-corrected chi connectivity index (χ3v) is 4.26. The summed E-state index contributed by atoms with van der Waals surface area (Å²) >= 11 is 1.30. The molecule has 25 heavy (non-hydrogen) atoms. The number of aliphatic hydroxyl groups is 1. The molecule has 0 aliphatic carbocycles. The molecule has 2 rings (SSSR count). The number of aliphatic carboxylic acids is 1. The lowest BCUT2D eigenvalue weighted by molar-refractivity contribution is -0.155. The molecule has 8 heteroatoms. The van der Waals surface area contributed by atoms with E-state index in [4.69, 9.17) is 9.84 Å². The standard InChI is InChI=1S/C17H20N2O5S/c1-3-8-24-12-6-4-11(5-7-12)15-19-13(9-25-15)14(20)18-10-17(2,23)16(21)22/h4-7,9,23H,3,8,10H2,1-2H3,(H,18,20)(H,21,22). The third-order valence-electron chi connectivity index (χ3n) is 3.36. The van der Waals surface area contributed by atoms with E-state index in [0.29, 0.717) is 11.6 Å². The van der Waals surface area contributed by atoms with E-state index in [1.165, 1.54) is 11.3 Å². The van der Waals surface area contributed by atoms with Crippen molar-refractivity contribution in [1.29, 1.82) is 0 Å². The number of carbonyl (C=O) groups excluding carboxylic acids is 1. The Kier molecular flexibility index (Phi) is 6.11. The molecule has 0 radical (unpaired) electrons. The number of rotatable bonds is 8. The van der Waals surface area contributed by atoms with Crippen molar-refractivity contribution in [3.63, 3.8) is 0 Å². The van der Waals surface area contributed by atoms with Crippen molar-refractivity contribution in [2.45, 2.75) is 25.9 Å². The van der Waals surface area contributed by atoms with Crippen LogP contribution in [0.1, 0.15) is 30.8 Å². The molecule has 1 atom stereocenters. The van der Waals surface area contributed by atoms with Crippen LogP contribution in [0.5, 0.6) is 5.75 Å². The highest BCUT2D eigenvalue weighted by Gasteiger charge is 2.30. The third kappa shape index (κ3) is 5.01. The number of carboxylic acids is 1. The SMILES string of the molecule is CCCOc1ccc(-c2nc(C(=O)NCC(C)(O)C(=O)O)cs2)cc1. The zero-order valence-corrected chi connectivity index (χ0v) is 14.8. The van der Waals surface area contributed by atoms with Gasteiger partial charge in [0.15, 0.2) is 5.60 Å². The molecule has 0 aliphatic rings. The smallest absolute Gasteiger partial charge is 0.337 e. The molecule has 2 aromatic rings. The summed E-state index contributed by atoms with van der Waals surface area (Å²) in [6, 6.07) is 7.41. The number of thiazole rings is 1. The van der Waals surface area contributed by atoms with Crippen molar-refractivity contribution in [2.75, 3.05) is 13.2 Å². The molecule has 7 nitrogen and oxygen atoms in total. The first kappa shape index (κ1) is 18.9. The van der Waals surface area contributed by atoms with Gasteiger partial charge in [-0.15, -0.1) is 11.3 Å². The summed E-state index contributed by atoms with van der Waals surface area (Å²) in [5, 5.41) is 23.1. The summed E-state index contributed by atoms with van der Waals surface area (Å²) in [7, 11) is 0. The Labute approximate surface area is 149 Å². The molecule has 1 unspecified atom stereocenters. The molecule has 0 fully saturated rings. The molecule has 3 N–H and O–H groups in total. The van der Waals surface area contributed by atoms with Gasteiger partial charge < -0.3 is 20.3 Å². The number of aromatic nitrogens is 1. The van der Waals surface area contributed by atoms with E-state index in [-0.39, 0.29) is 5.69 Å². The van der Waals surface area contributed by atoms with Crippen LogP contribution in [0.3, 0.4) is 0 Å². The number of amides is 1. The summed E-state index contributed by atoms with van der Waals surface area (Å²) in [5.41, 5.74) is -0.999. The highest BCUT2D eigenvalue weighted by atomic mass is 32.1. The van der Waals surface area contributed by atoms with Crippen LogP contribution in [0.15, 0.2) is 29.6 Å². The number of nitrogens with one attached hydrogen (secondary N) is 1. The monoisotopic (exact) mass is 364 g/mol. The van der Waals surface area contributed by atoms with Gasteiger partial charge in [0.1, 0.15) is 16.5 Å². The molecule has 1 aromatic carbocycles. The number of carbonyl (C=O) groups is 2. The molecule has 1 aromatic heterocycles. The predicted octanol–water partition coefficient (Wildman–Crippen LogP) is 2.16. The zero-order valence-electron chi connectivity index (χ0n) is 14.0. The van der Waals surface area contributed by atoms with E-state index in [1.807, 2.05) is 31.2 Å². The lowest BCUT2D eigenvalue weighted by atomic mass is 10.1. The van der Waals surface area contributed by atoms with Crippen molar-refractivity contribution in [3.8, 4) is 16.3 Å². The van der Waals surface area contributed by atoms with Crippen LogP contribution in [0.4, 0.5) is 0 Å². The van der Waals surface area contributed by atoms with Crippen LogP contribution in [-0.2, 0) is 4.79 Å². The maximum atomic E-state index is 12.0. The summed E-state index contributed by atoms with van der Waals surface area (Å²) in [6.07, 6.45) is 0.932. The minimum atomic E-state index is -2.02. The Hall–Kier alpha value is -2.45. The van der Waals surface area contributed by atoms with E-state index < -0.39 is 24.0 Å². The molecule has 1 amide bonds. The van der Waals surface area contributed by atoms with Gasteiger partial charge in [-0.1, -0.05) is 6.92 Å². The highest BCUT2D eigenvalue weighted by molar-refractivity contribution is 7.13. The molecule has 0 aliphatic heterocycles. The van der Waals surface area contributed by atoms with E-state index >= 15 is 0 Å². The first-order chi connectivity index (χ1) is 11.8. The first-order valence-electron chi connectivity index (χ1n) is 7.76. The number of carboxylic acid groups (broad SMARTS) is 1. The van der Waals surface area contributed by atoms with Crippen molar-refractivity contribution < 1.29 is 24.5 Å². The van der Waals surface area contributed by atoms with E-state index in [2.05, 4.69) is 10.3 Å². The Bertz CT molecular complexity index is 740. The van der Waals surface area contributed by atoms with Crippen LogP contribution in [0.2, 0.25) is 0 Å². The molecular formula is C17H20N2O5S. The van der Waals surface area contributed by atoms with Crippen LogP contribution in [0.25, 0.3) is 10.6 Å². The average molecular weight is 364 g/mol. The van der Waals surface area contributed by atoms with Crippen LogP contribution in [0, 0.1) is 0 Å². The van der Waals surface area contributed by atoms with Gasteiger partial charge in [-0.2, -0.15) is 0 Å². The Morgan fingerprint density at radius 3 is 2.60 bits per heavy atom. The van der Waals surface area contributed by atoms with Gasteiger partial charge in [0, 0.05) is 10.9 Å². The lowest BCUT2D eigenvalue weighted by Crippen LogP contribution is -2.46. The fraction of sp³-hybridized carbons (Fsp3) is 0.353. The minimum absolute atomic E-state index is 0.174. The van der Waals surface area contributed by atoms with Crippen molar-refractivity contribution in [2.24, 2.45) is 0 Å². The van der Waals surface area contributed by atoms with Gasteiger partial charge >= 0.3 is 5.97 Å². The van der Waals surface area contributed by atoms with Crippen molar-refractivity contribution in [1.82, 2.24) is 10.3 Å². The summed E-state index contributed by atoms with van der Waals surface area (Å²) < 4.78 is 5.52. The second-order valence-corrected chi connectivity index (χ2v) is 6.53. The van der Waals surface area contributed by atoms with Crippen molar-refractivity contribution in [3.05, 3.63) is 35.3 Å². The van der Waals surface area contributed by atoms with Gasteiger partial charge in [0.25, 0.3) is 5.91 Å². The number of nitrogens with zero attached hydrogens (tertiary/aromatic N) is 1. The summed E-state index contributed by atoms with van der Waals surface area (Å²) in [4.78, 5) is 27.1. The van der Waals surface area contributed by atoms with Crippen LogP contribution in [-0.4, -0.2) is 45.8 Å². The van der Waals surface area contributed by atoms with Gasteiger partial charge in [-0.05, 0) is 37.6 Å². The molecule has 0 bridgehead atoms. The maximum Gasteiger partial charge on any atom is 0.337 e. The Balaban J connectivity index is 2.01. The molecule has 0 saturated heterocycles. The van der Waals surface area contributed by atoms with Crippen molar-refractivity contribution >= 4 is 23.2 Å². The van der Waals surface area contributed by atoms with E-state index in [1.54, 1.807) is 5.38 Å². The molecule has 0 spiro atoms. The summed E-state index contributed by atoms with van der Waals surface area (Å²) in [6.45, 7) is 3.40. The van der Waals surface area contributed by atoms with E-state index in [0.717, 1.165) is 24.7 Å². The second-order valence-electron chi connectivity index (χ2n) is 5.67. The molecule has 0 saturated carbocycles. The fourth-order valence-corrected chi connectivity index (χ4v) is 2.65. The number of benzene rings is 1. The largest absolute Gasteiger partial charge is 0.494 e. The Morgan fingerprint density at radius 2 is 2.00 bits per heavy atom. The fourth-order valence-electron chi connectivity index (χ4n) is 1.84. The van der Waals surface area contributed by atoms with Crippen LogP contribution < -0.4 is 10.1 Å². The normalized spacial score (nSPS) is 13.1. The quantitative estimate of drug-likeness (QED) is 0.662. The second kappa shape index (κ2) is 8.09.